The number of rotatable bonds is 3. The average Bonchev–Trinajstić information content (AvgIpc) is 2.41. The van der Waals surface area contributed by atoms with Crippen molar-refractivity contribution >= 4 is 17.2 Å². The van der Waals surface area contributed by atoms with Crippen molar-refractivity contribution < 1.29 is 0 Å². The second-order valence-electron chi connectivity index (χ2n) is 4.59. The Bertz CT molecular complexity index is 461. The van der Waals surface area contributed by atoms with Gasteiger partial charge in [0.2, 0.25) is 0 Å². The van der Waals surface area contributed by atoms with E-state index in [2.05, 4.69) is 45.9 Å². The molecule has 1 rings (SSSR count). The summed E-state index contributed by atoms with van der Waals surface area (Å²) in [6.07, 6.45) is 3.27. The van der Waals surface area contributed by atoms with E-state index in [0.29, 0.717) is 0 Å². The van der Waals surface area contributed by atoms with Crippen molar-refractivity contribution in [3.8, 4) is 0 Å². The van der Waals surface area contributed by atoms with Gasteiger partial charge >= 0.3 is 0 Å². The van der Waals surface area contributed by atoms with Crippen LogP contribution in [0, 0.1) is 6.92 Å². The summed E-state index contributed by atoms with van der Waals surface area (Å²) in [7, 11) is 0. The van der Waals surface area contributed by atoms with Gasteiger partial charge in [-0.3, -0.25) is 0 Å². The highest BCUT2D eigenvalue weighted by Crippen LogP contribution is 2.32. The highest BCUT2D eigenvalue weighted by Gasteiger charge is 2.10. The summed E-state index contributed by atoms with van der Waals surface area (Å²) in [5.41, 5.74) is 6.20. The Kier molecular flexibility index (Phi) is 8.51. The first kappa shape index (κ1) is 18.0. The maximum Gasteiger partial charge on any atom is 0.0513 e. The van der Waals surface area contributed by atoms with Gasteiger partial charge in [-0.05, 0) is 50.8 Å². The van der Waals surface area contributed by atoms with E-state index in [-0.39, 0.29) is 0 Å². The van der Waals surface area contributed by atoms with E-state index in [1.165, 1.54) is 16.7 Å². The van der Waals surface area contributed by atoms with E-state index in [1.807, 2.05) is 26.8 Å². The standard InChI is InChI=1S/C16H21Cl.C2H6/c1-6-8-14(13(5)11(2)3)15-10-7-9-12(4)16(15)17;1-2/h7-10H,6H2,1-5H3;1-2H3/b14-8-;. The average molecular weight is 279 g/mol. The van der Waals surface area contributed by atoms with Crippen LogP contribution in [0.25, 0.3) is 5.57 Å². The first-order valence-electron chi connectivity index (χ1n) is 7.09. The molecule has 0 saturated carbocycles. The van der Waals surface area contributed by atoms with Crippen LogP contribution in [0.5, 0.6) is 0 Å². The molecule has 0 unspecified atom stereocenters. The van der Waals surface area contributed by atoms with Crippen molar-refractivity contribution in [2.45, 2.75) is 54.9 Å². The van der Waals surface area contributed by atoms with Gasteiger partial charge in [0.05, 0.1) is 5.02 Å². The molecule has 106 valence electrons. The molecule has 1 heteroatoms. The monoisotopic (exact) mass is 278 g/mol. The number of halogens is 1. The summed E-state index contributed by atoms with van der Waals surface area (Å²) in [5.74, 6) is 0. The maximum atomic E-state index is 6.41. The number of hydrogen-bond acceptors (Lipinski definition) is 0. The number of hydrogen-bond donors (Lipinski definition) is 0. The van der Waals surface area contributed by atoms with Crippen molar-refractivity contribution in [2.75, 3.05) is 0 Å². The molecule has 19 heavy (non-hydrogen) atoms. The molecule has 1 aromatic rings. The highest BCUT2D eigenvalue weighted by molar-refractivity contribution is 6.33. The Labute approximate surface area is 124 Å². The van der Waals surface area contributed by atoms with Crippen LogP contribution >= 0.6 is 11.6 Å². The molecule has 0 amide bonds. The predicted molar refractivity (Wildman–Crippen MR) is 89.9 cm³/mol. The Morgan fingerprint density at radius 2 is 1.74 bits per heavy atom. The molecule has 0 atom stereocenters. The largest absolute Gasteiger partial charge is 0.0834 e. The zero-order valence-electron chi connectivity index (χ0n) is 13.4. The molecule has 0 aliphatic rings. The fourth-order valence-electron chi connectivity index (χ4n) is 1.79. The van der Waals surface area contributed by atoms with Gasteiger partial charge in [-0.1, -0.05) is 62.2 Å². The second-order valence-corrected chi connectivity index (χ2v) is 4.97. The molecular weight excluding hydrogens is 252 g/mol. The molecule has 0 nitrogen and oxygen atoms in total. The summed E-state index contributed by atoms with van der Waals surface area (Å²) in [4.78, 5) is 0. The third-order valence-electron chi connectivity index (χ3n) is 3.04. The first-order chi connectivity index (χ1) is 8.99. The van der Waals surface area contributed by atoms with Crippen molar-refractivity contribution in [3.63, 3.8) is 0 Å². The molecule has 0 aliphatic heterocycles. The topological polar surface area (TPSA) is 0 Å². The van der Waals surface area contributed by atoms with Gasteiger partial charge in [0.15, 0.2) is 0 Å². The fourth-order valence-corrected chi connectivity index (χ4v) is 2.02. The first-order valence-corrected chi connectivity index (χ1v) is 7.46. The molecular formula is C18H27Cl. The van der Waals surface area contributed by atoms with Crippen LogP contribution < -0.4 is 0 Å². The Morgan fingerprint density at radius 3 is 2.21 bits per heavy atom. The van der Waals surface area contributed by atoms with Crippen LogP contribution in [0.2, 0.25) is 5.02 Å². The third kappa shape index (κ3) is 4.87. The summed E-state index contributed by atoms with van der Waals surface area (Å²) in [6, 6.07) is 6.22. The van der Waals surface area contributed by atoms with Crippen molar-refractivity contribution in [3.05, 3.63) is 51.6 Å². The minimum Gasteiger partial charge on any atom is -0.0834 e. The Morgan fingerprint density at radius 1 is 1.16 bits per heavy atom. The zero-order chi connectivity index (χ0) is 15.0. The van der Waals surface area contributed by atoms with Gasteiger partial charge in [-0.15, -0.1) is 0 Å². The zero-order valence-corrected chi connectivity index (χ0v) is 14.2. The van der Waals surface area contributed by atoms with Crippen LogP contribution in [0.15, 0.2) is 35.4 Å². The smallest absolute Gasteiger partial charge is 0.0513 e. The lowest BCUT2D eigenvalue weighted by molar-refractivity contribution is 1.21. The SMILES string of the molecule is CC.CC/C=C(/C(C)=C(C)C)c1cccc(C)c1Cl. The molecule has 0 bridgehead atoms. The fraction of sp³-hybridized carbons (Fsp3) is 0.444. The van der Waals surface area contributed by atoms with Gasteiger partial charge in [-0.2, -0.15) is 0 Å². The summed E-state index contributed by atoms with van der Waals surface area (Å²) < 4.78 is 0. The molecule has 0 heterocycles. The normalized spacial score (nSPS) is 10.6. The van der Waals surface area contributed by atoms with E-state index in [1.54, 1.807) is 0 Å². The van der Waals surface area contributed by atoms with Gasteiger partial charge < -0.3 is 0 Å². The van der Waals surface area contributed by atoms with E-state index >= 15 is 0 Å². The number of aryl methyl sites for hydroxylation is 1. The molecule has 0 aromatic heterocycles. The van der Waals surface area contributed by atoms with Gasteiger partial charge in [0.25, 0.3) is 0 Å². The van der Waals surface area contributed by atoms with E-state index in [0.717, 1.165) is 22.6 Å². The Hall–Kier alpha value is -1.01. The van der Waals surface area contributed by atoms with Crippen LogP contribution in [0.3, 0.4) is 0 Å². The quantitative estimate of drug-likeness (QED) is 0.532. The molecule has 0 radical (unpaired) electrons. The van der Waals surface area contributed by atoms with Gasteiger partial charge in [0.1, 0.15) is 0 Å². The number of benzene rings is 1. The minimum atomic E-state index is 0.868. The highest BCUT2D eigenvalue weighted by atomic mass is 35.5. The lowest BCUT2D eigenvalue weighted by atomic mass is 9.94. The van der Waals surface area contributed by atoms with Crippen LogP contribution in [0.1, 0.15) is 59.1 Å². The van der Waals surface area contributed by atoms with Crippen molar-refractivity contribution in [1.29, 1.82) is 0 Å². The minimum absolute atomic E-state index is 0.868. The molecule has 1 aromatic carbocycles. The summed E-state index contributed by atoms with van der Waals surface area (Å²) in [5, 5.41) is 0.868. The molecule has 0 saturated heterocycles. The van der Waals surface area contributed by atoms with E-state index < -0.39 is 0 Å². The van der Waals surface area contributed by atoms with E-state index in [9.17, 15) is 0 Å². The molecule has 0 fully saturated rings. The Balaban J connectivity index is 0.00000154. The van der Waals surface area contributed by atoms with Gasteiger partial charge in [-0.25, -0.2) is 0 Å². The van der Waals surface area contributed by atoms with Gasteiger partial charge in [0, 0.05) is 5.56 Å². The number of allylic oxidation sites excluding steroid dienone is 4. The third-order valence-corrected chi connectivity index (χ3v) is 3.55. The lowest BCUT2D eigenvalue weighted by Gasteiger charge is -2.13. The second kappa shape index (κ2) is 8.98. The summed E-state index contributed by atoms with van der Waals surface area (Å²) >= 11 is 6.41. The van der Waals surface area contributed by atoms with Crippen molar-refractivity contribution in [2.24, 2.45) is 0 Å². The molecule has 0 spiro atoms. The molecule has 0 aliphatic carbocycles. The van der Waals surface area contributed by atoms with E-state index in [4.69, 9.17) is 11.6 Å². The van der Waals surface area contributed by atoms with Crippen molar-refractivity contribution in [1.82, 2.24) is 0 Å². The maximum absolute atomic E-state index is 6.41. The predicted octanol–water partition coefficient (Wildman–Crippen LogP) is 6.82. The molecule has 0 N–H and O–H groups in total. The lowest BCUT2D eigenvalue weighted by Crippen LogP contribution is -1.92. The summed E-state index contributed by atoms with van der Waals surface area (Å²) in [6.45, 7) is 14.6. The van der Waals surface area contributed by atoms with Crippen LogP contribution in [0.4, 0.5) is 0 Å². The van der Waals surface area contributed by atoms with Crippen LogP contribution in [-0.4, -0.2) is 0 Å². The van der Waals surface area contributed by atoms with Crippen LogP contribution in [-0.2, 0) is 0 Å².